The van der Waals surface area contributed by atoms with Gasteiger partial charge in [-0.3, -0.25) is 0 Å². The third-order valence-corrected chi connectivity index (χ3v) is 4.49. The molecule has 1 aromatic rings. The molecule has 0 radical (unpaired) electrons. The van der Waals surface area contributed by atoms with Gasteiger partial charge in [0.1, 0.15) is 5.82 Å². The summed E-state index contributed by atoms with van der Waals surface area (Å²) in [6, 6.07) is 2.69. The molecule has 0 saturated carbocycles. The summed E-state index contributed by atoms with van der Waals surface area (Å²) in [6.45, 7) is 3.59. The first-order valence-electron chi connectivity index (χ1n) is 7.57. The molecule has 3 aliphatic heterocycles. The summed E-state index contributed by atoms with van der Waals surface area (Å²) in [5.41, 5.74) is -0.609. The molecule has 0 unspecified atom stereocenters. The van der Waals surface area contributed by atoms with Gasteiger partial charge >= 0.3 is 6.18 Å². The third kappa shape index (κ3) is 3.15. The van der Waals surface area contributed by atoms with Crippen LogP contribution in [0, 0.1) is 0 Å². The van der Waals surface area contributed by atoms with Gasteiger partial charge in [0.05, 0.1) is 5.56 Å². The summed E-state index contributed by atoms with van der Waals surface area (Å²) in [7, 11) is 0. The van der Waals surface area contributed by atoms with Crippen LogP contribution in [-0.2, 0) is 6.18 Å². The van der Waals surface area contributed by atoms with Gasteiger partial charge in [-0.2, -0.15) is 13.2 Å². The monoisotopic (exact) mass is 299 g/mol. The highest BCUT2D eigenvalue weighted by Crippen LogP contribution is 2.37. The van der Waals surface area contributed by atoms with E-state index in [0.717, 1.165) is 51.4 Å². The molecular weight excluding hydrogens is 279 g/mol. The van der Waals surface area contributed by atoms with Gasteiger partial charge in [-0.05, 0) is 50.9 Å². The molecule has 3 aliphatic rings. The van der Waals surface area contributed by atoms with Gasteiger partial charge in [0, 0.05) is 25.3 Å². The summed E-state index contributed by atoms with van der Waals surface area (Å²) in [5, 5.41) is 0. The minimum absolute atomic E-state index is 0.110. The van der Waals surface area contributed by atoms with Crippen LogP contribution >= 0.6 is 0 Å². The molecule has 3 nitrogen and oxygen atoms in total. The van der Waals surface area contributed by atoms with E-state index in [1.54, 1.807) is 0 Å². The average molecular weight is 299 g/mol. The fourth-order valence-corrected chi connectivity index (χ4v) is 3.45. The van der Waals surface area contributed by atoms with Gasteiger partial charge in [-0.25, -0.2) is 4.98 Å². The van der Waals surface area contributed by atoms with E-state index in [0.29, 0.717) is 6.54 Å². The highest BCUT2D eigenvalue weighted by atomic mass is 19.4. The Morgan fingerprint density at radius 2 is 1.76 bits per heavy atom. The van der Waals surface area contributed by atoms with Crippen molar-refractivity contribution in [1.29, 1.82) is 0 Å². The third-order valence-electron chi connectivity index (χ3n) is 4.49. The molecule has 0 aliphatic carbocycles. The van der Waals surface area contributed by atoms with Crippen molar-refractivity contribution in [2.75, 3.05) is 31.1 Å². The first-order chi connectivity index (χ1) is 10.1. The number of aromatic nitrogens is 1. The van der Waals surface area contributed by atoms with Crippen molar-refractivity contribution in [3.63, 3.8) is 0 Å². The lowest BCUT2D eigenvalue weighted by atomic mass is 9.98. The first-order valence-corrected chi connectivity index (χ1v) is 7.57. The van der Waals surface area contributed by atoms with Crippen LogP contribution in [0.15, 0.2) is 18.3 Å². The average Bonchev–Trinajstić information content (AvgIpc) is 2.36. The molecule has 2 bridgehead atoms. The normalized spacial score (nSPS) is 27.1. The van der Waals surface area contributed by atoms with E-state index in [1.807, 2.05) is 4.90 Å². The van der Waals surface area contributed by atoms with E-state index < -0.39 is 11.7 Å². The molecule has 4 heterocycles. The van der Waals surface area contributed by atoms with Crippen LogP contribution in [-0.4, -0.2) is 42.1 Å². The number of anilines is 1. The Kier molecular flexibility index (Phi) is 4.06. The summed E-state index contributed by atoms with van der Waals surface area (Å²) >= 11 is 0. The maximum Gasteiger partial charge on any atom is 0.419 e. The van der Waals surface area contributed by atoms with Gasteiger partial charge < -0.3 is 9.80 Å². The van der Waals surface area contributed by atoms with E-state index in [4.69, 9.17) is 0 Å². The number of fused-ring (bicyclic) bond motifs is 6. The molecule has 116 valence electrons. The number of alkyl halides is 3. The molecule has 3 fully saturated rings. The van der Waals surface area contributed by atoms with Crippen LogP contribution in [0.25, 0.3) is 0 Å². The molecular formula is C15H20F3N3. The van der Waals surface area contributed by atoms with Gasteiger partial charge in [-0.15, -0.1) is 0 Å². The number of pyridine rings is 1. The van der Waals surface area contributed by atoms with Crippen molar-refractivity contribution in [2.24, 2.45) is 0 Å². The first kappa shape index (κ1) is 14.6. The van der Waals surface area contributed by atoms with Crippen LogP contribution < -0.4 is 4.90 Å². The van der Waals surface area contributed by atoms with Gasteiger partial charge in [-0.1, -0.05) is 0 Å². The number of halogens is 3. The standard InChI is InChI=1S/C15H20F3N3/c16-15(17,18)13-6-1-7-19-14(13)21-11-10-20-8-2-4-12(21)5-3-9-20/h1,6-7,12H,2-5,8-11H2. The summed E-state index contributed by atoms with van der Waals surface area (Å²) < 4.78 is 39.7. The highest BCUT2D eigenvalue weighted by molar-refractivity contribution is 5.49. The number of rotatable bonds is 1. The predicted molar refractivity (Wildman–Crippen MR) is 75.3 cm³/mol. The molecule has 0 atom stereocenters. The van der Waals surface area contributed by atoms with E-state index in [2.05, 4.69) is 9.88 Å². The second-order valence-corrected chi connectivity index (χ2v) is 5.85. The Morgan fingerprint density at radius 3 is 2.43 bits per heavy atom. The van der Waals surface area contributed by atoms with Gasteiger partial charge in [0.15, 0.2) is 0 Å². The lowest BCUT2D eigenvalue weighted by molar-refractivity contribution is -0.137. The topological polar surface area (TPSA) is 19.4 Å². The molecule has 3 saturated heterocycles. The van der Waals surface area contributed by atoms with Crippen molar-refractivity contribution >= 4 is 5.82 Å². The summed E-state index contributed by atoms with van der Waals surface area (Å²) in [6.07, 6.45) is 1.11. The van der Waals surface area contributed by atoms with Crippen molar-refractivity contribution in [2.45, 2.75) is 37.9 Å². The Bertz CT molecular complexity index is 479. The molecule has 4 rings (SSSR count). The van der Waals surface area contributed by atoms with Crippen molar-refractivity contribution in [3.8, 4) is 0 Å². The fourth-order valence-electron chi connectivity index (χ4n) is 3.45. The molecule has 6 heteroatoms. The SMILES string of the molecule is FC(F)(F)c1cccnc1N1CCN2CCCC1CCC2. The van der Waals surface area contributed by atoms with Crippen LogP contribution in [0.5, 0.6) is 0 Å². The number of hydrogen-bond donors (Lipinski definition) is 0. The smallest absolute Gasteiger partial charge is 0.352 e. The Labute approximate surface area is 122 Å². The minimum atomic E-state index is -4.35. The van der Waals surface area contributed by atoms with E-state index >= 15 is 0 Å². The van der Waals surface area contributed by atoms with E-state index in [9.17, 15) is 13.2 Å². The number of nitrogens with zero attached hydrogens (tertiary/aromatic N) is 3. The minimum Gasteiger partial charge on any atom is -0.352 e. The van der Waals surface area contributed by atoms with Crippen LogP contribution in [0.3, 0.4) is 0 Å². The van der Waals surface area contributed by atoms with E-state index in [-0.39, 0.29) is 11.9 Å². The van der Waals surface area contributed by atoms with Gasteiger partial charge in [0.2, 0.25) is 0 Å². The number of hydrogen-bond acceptors (Lipinski definition) is 3. The fraction of sp³-hybridized carbons (Fsp3) is 0.667. The largest absolute Gasteiger partial charge is 0.419 e. The molecule has 0 spiro atoms. The van der Waals surface area contributed by atoms with Crippen LogP contribution in [0.1, 0.15) is 31.2 Å². The molecule has 1 aromatic heterocycles. The maximum absolute atomic E-state index is 13.2. The Morgan fingerprint density at radius 1 is 1.05 bits per heavy atom. The summed E-state index contributed by atoms with van der Waals surface area (Å²) in [5.74, 6) is 0.110. The van der Waals surface area contributed by atoms with Crippen molar-refractivity contribution in [3.05, 3.63) is 23.9 Å². The molecule has 21 heavy (non-hydrogen) atoms. The van der Waals surface area contributed by atoms with Crippen molar-refractivity contribution < 1.29 is 13.2 Å². The quantitative estimate of drug-likeness (QED) is 0.794. The van der Waals surface area contributed by atoms with Crippen molar-refractivity contribution in [1.82, 2.24) is 9.88 Å². The maximum atomic E-state index is 13.2. The highest BCUT2D eigenvalue weighted by Gasteiger charge is 2.37. The van der Waals surface area contributed by atoms with Crippen LogP contribution in [0.2, 0.25) is 0 Å². The zero-order chi connectivity index (χ0) is 14.9. The lowest BCUT2D eigenvalue weighted by Gasteiger charge is -2.41. The lowest BCUT2D eigenvalue weighted by Crippen LogP contribution is -2.48. The second-order valence-electron chi connectivity index (χ2n) is 5.85. The molecule has 0 amide bonds. The zero-order valence-electron chi connectivity index (χ0n) is 11.9. The van der Waals surface area contributed by atoms with Crippen LogP contribution in [0.4, 0.5) is 19.0 Å². The summed E-state index contributed by atoms with van der Waals surface area (Å²) in [4.78, 5) is 8.33. The predicted octanol–water partition coefficient (Wildman–Crippen LogP) is 3.17. The zero-order valence-corrected chi connectivity index (χ0v) is 11.9. The second kappa shape index (κ2) is 5.83. The molecule has 0 N–H and O–H groups in total. The Balaban J connectivity index is 1.95. The molecule has 0 aromatic carbocycles. The Hall–Kier alpha value is -1.30. The van der Waals surface area contributed by atoms with Gasteiger partial charge in [0.25, 0.3) is 0 Å². The van der Waals surface area contributed by atoms with E-state index in [1.165, 1.54) is 12.3 Å².